The first kappa shape index (κ1) is 13.1. The molecule has 0 saturated carbocycles. The van der Waals surface area contributed by atoms with Crippen LogP contribution in [0.4, 0.5) is 5.82 Å². The van der Waals surface area contributed by atoms with Gasteiger partial charge in [-0.15, -0.1) is 16.4 Å². The van der Waals surface area contributed by atoms with Gasteiger partial charge in [0.1, 0.15) is 11.6 Å². The Balaban J connectivity index is 2.08. The van der Waals surface area contributed by atoms with E-state index in [-0.39, 0.29) is 6.04 Å². The van der Waals surface area contributed by atoms with Crippen LogP contribution in [0.25, 0.3) is 0 Å². The van der Waals surface area contributed by atoms with E-state index < -0.39 is 0 Å². The lowest BCUT2D eigenvalue weighted by Crippen LogP contribution is -2.34. The van der Waals surface area contributed by atoms with E-state index in [0.717, 1.165) is 30.0 Å². The van der Waals surface area contributed by atoms with Crippen molar-refractivity contribution in [3.8, 4) is 6.07 Å². The highest BCUT2D eigenvalue weighted by molar-refractivity contribution is 7.10. The van der Waals surface area contributed by atoms with Crippen molar-refractivity contribution in [2.45, 2.75) is 33.2 Å². The smallest absolute Gasteiger partial charge is 0.170 e. The minimum absolute atomic E-state index is 0.244. The molecule has 0 N–H and O–H groups in total. The lowest BCUT2D eigenvalue weighted by molar-refractivity contribution is 0.618. The second-order valence-corrected chi connectivity index (χ2v) is 6.14. The Morgan fingerprint density at radius 2 is 2.20 bits per heavy atom. The first-order valence-corrected chi connectivity index (χ1v) is 7.58. The molecule has 2 aromatic rings. The summed E-state index contributed by atoms with van der Waals surface area (Å²) in [6.45, 7) is 6.89. The Labute approximate surface area is 122 Å². The third kappa shape index (κ3) is 1.88. The summed E-state index contributed by atoms with van der Waals surface area (Å²) >= 11 is 1.81. The van der Waals surface area contributed by atoms with Crippen LogP contribution < -0.4 is 4.90 Å². The summed E-state index contributed by atoms with van der Waals surface area (Å²) < 4.78 is 0. The van der Waals surface area contributed by atoms with E-state index in [1.165, 1.54) is 10.4 Å². The Morgan fingerprint density at radius 3 is 2.95 bits per heavy atom. The van der Waals surface area contributed by atoms with E-state index in [9.17, 15) is 5.26 Å². The predicted molar refractivity (Wildman–Crippen MR) is 80.0 cm³/mol. The summed E-state index contributed by atoms with van der Waals surface area (Å²) in [7, 11) is 0. The highest BCUT2D eigenvalue weighted by Crippen LogP contribution is 2.36. The maximum Gasteiger partial charge on any atom is 0.170 e. The summed E-state index contributed by atoms with van der Waals surface area (Å²) in [5.41, 5.74) is 3.76. The van der Waals surface area contributed by atoms with Crippen LogP contribution in [0.3, 0.4) is 0 Å². The van der Waals surface area contributed by atoms with Crippen LogP contribution in [0.15, 0.2) is 11.4 Å². The molecule has 1 aliphatic rings. The molecule has 0 bridgehead atoms. The van der Waals surface area contributed by atoms with Crippen LogP contribution in [0.1, 0.15) is 40.2 Å². The van der Waals surface area contributed by atoms with Gasteiger partial charge in [0.2, 0.25) is 0 Å². The van der Waals surface area contributed by atoms with Gasteiger partial charge < -0.3 is 4.90 Å². The number of rotatable bonds is 1. The molecule has 0 aromatic carbocycles. The molecule has 0 radical (unpaired) electrons. The third-order valence-electron chi connectivity index (χ3n) is 4.10. The molecule has 0 amide bonds. The minimum atomic E-state index is 0.244. The van der Waals surface area contributed by atoms with Crippen LogP contribution in [0.5, 0.6) is 0 Å². The molecule has 3 heterocycles. The fraction of sp³-hybridized carbons (Fsp3) is 0.400. The van der Waals surface area contributed by atoms with Gasteiger partial charge in [-0.05, 0) is 49.8 Å². The molecular weight excluding hydrogens is 268 g/mol. The van der Waals surface area contributed by atoms with Gasteiger partial charge in [0.15, 0.2) is 5.82 Å². The van der Waals surface area contributed by atoms with Crippen molar-refractivity contribution in [3.63, 3.8) is 0 Å². The largest absolute Gasteiger partial charge is 0.347 e. The maximum absolute atomic E-state index is 9.45. The first-order valence-electron chi connectivity index (χ1n) is 6.70. The number of hydrogen-bond acceptors (Lipinski definition) is 5. The molecule has 0 aliphatic carbocycles. The van der Waals surface area contributed by atoms with Crippen LogP contribution in [0, 0.1) is 25.2 Å². The average Bonchev–Trinajstić information content (AvgIpc) is 2.92. The van der Waals surface area contributed by atoms with Crippen LogP contribution in [-0.4, -0.2) is 16.7 Å². The molecular formula is C15H16N4S. The molecule has 1 aliphatic heterocycles. The lowest BCUT2D eigenvalue weighted by Gasteiger charge is -2.35. The zero-order chi connectivity index (χ0) is 14.3. The summed E-state index contributed by atoms with van der Waals surface area (Å²) in [6, 6.07) is 4.72. The van der Waals surface area contributed by atoms with Crippen molar-refractivity contribution in [1.29, 1.82) is 5.26 Å². The van der Waals surface area contributed by atoms with Gasteiger partial charge in [0.05, 0.1) is 11.7 Å². The van der Waals surface area contributed by atoms with Crippen LogP contribution >= 0.6 is 11.3 Å². The maximum atomic E-state index is 9.45. The second kappa shape index (κ2) is 4.88. The number of fused-ring (bicyclic) bond motifs is 1. The zero-order valence-corrected chi connectivity index (χ0v) is 12.7. The standard InChI is InChI=1S/C15H16N4S/c1-9-10(2)17-18-15(13(9)8-16)19-6-4-14-12(11(19)3)5-7-20-14/h5,7,11H,4,6H2,1-3H3. The molecule has 1 atom stereocenters. The average molecular weight is 284 g/mol. The molecule has 1 unspecified atom stereocenters. The normalized spacial score (nSPS) is 17.7. The van der Waals surface area contributed by atoms with Gasteiger partial charge in [-0.2, -0.15) is 10.4 Å². The van der Waals surface area contributed by atoms with E-state index in [1.54, 1.807) is 0 Å². The van der Waals surface area contributed by atoms with Crippen molar-refractivity contribution < 1.29 is 0 Å². The highest BCUT2D eigenvalue weighted by atomic mass is 32.1. The fourth-order valence-corrected chi connectivity index (χ4v) is 3.69. The number of nitriles is 1. The number of nitrogens with zero attached hydrogens (tertiary/aromatic N) is 4. The molecule has 3 rings (SSSR count). The van der Waals surface area contributed by atoms with Crippen molar-refractivity contribution in [1.82, 2.24) is 10.2 Å². The quantitative estimate of drug-likeness (QED) is 0.807. The summed E-state index contributed by atoms with van der Waals surface area (Å²) in [5, 5.41) is 20.1. The van der Waals surface area contributed by atoms with Crippen LogP contribution in [-0.2, 0) is 6.42 Å². The van der Waals surface area contributed by atoms with E-state index in [1.807, 2.05) is 25.2 Å². The SMILES string of the molecule is Cc1nnc(N2CCc3sccc3C2C)c(C#N)c1C. The molecule has 20 heavy (non-hydrogen) atoms. The van der Waals surface area contributed by atoms with Gasteiger partial charge in [0, 0.05) is 11.4 Å². The van der Waals surface area contributed by atoms with E-state index in [4.69, 9.17) is 0 Å². The van der Waals surface area contributed by atoms with Gasteiger partial charge in [-0.1, -0.05) is 0 Å². The number of thiophene rings is 1. The van der Waals surface area contributed by atoms with Crippen molar-refractivity contribution in [2.75, 3.05) is 11.4 Å². The predicted octanol–water partition coefficient (Wildman–Crippen LogP) is 3.15. The van der Waals surface area contributed by atoms with Gasteiger partial charge in [0.25, 0.3) is 0 Å². The van der Waals surface area contributed by atoms with Crippen LogP contribution in [0.2, 0.25) is 0 Å². The van der Waals surface area contributed by atoms with Gasteiger partial charge in [-0.3, -0.25) is 0 Å². The molecule has 0 spiro atoms. The number of aryl methyl sites for hydroxylation is 1. The monoisotopic (exact) mass is 284 g/mol. The Hall–Kier alpha value is -1.93. The summed E-state index contributed by atoms with van der Waals surface area (Å²) in [6.07, 6.45) is 1.01. The van der Waals surface area contributed by atoms with Crippen molar-refractivity contribution >= 4 is 17.2 Å². The van der Waals surface area contributed by atoms with Gasteiger partial charge in [-0.25, -0.2) is 0 Å². The fourth-order valence-electron chi connectivity index (χ4n) is 2.73. The molecule has 0 fully saturated rings. The first-order chi connectivity index (χ1) is 9.63. The molecule has 4 nitrogen and oxygen atoms in total. The highest BCUT2D eigenvalue weighted by Gasteiger charge is 2.28. The number of hydrogen-bond donors (Lipinski definition) is 0. The molecule has 102 valence electrons. The minimum Gasteiger partial charge on any atom is -0.347 e. The summed E-state index contributed by atoms with van der Waals surface area (Å²) in [5.74, 6) is 0.722. The van der Waals surface area contributed by atoms with E-state index >= 15 is 0 Å². The summed E-state index contributed by atoms with van der Waals surface area (Å²) in [4.78, 5) is 3.65. The Morgan fingerprint density at radius 1 is 1.40 bits per heavy atom. The lowest BCUT2D eigenvalue weighted by atomic mass is 10.00. The molecule has 0 saturated heterocycles. The topological polar surface area (TPSA) is 52.8 Å². The van der Waals surface area contributed by atoms with E-state index in [2.05, 4.69) is 39.5 Å². The van der Waals surface area contributed by atoms with Gasteiger partial charge >= 0.3 is 0 Å². The number of aromatic nitrogens is 2. The van der Waals surface area contributed by atoms with Crippen molar-refractivity contribution in [2.24, 2.45) is 0 Å². The Kier molecular flexibility index (Phi) is 3.19. The molecule has 2 aromatic heterocycles. The van der Waals surface area contributed by atoms with E-state index in [0.29, 0.717) is 5.56 Å². The zero-order valence-electron chi connectivity index (χ0n) is 11.8. The van der Waals surface area contributed by atoms with Crippen molar-refractivity contribution in [3.05, 3.63) is 38.7 Å². The third-order valence-corrected chi connectivity index (χ3v) is 5.09. The Bertz CT molecular complexity index is 698. The molecule has 5 heteroatoms. The number of anilines is 1. The second-order valence-electron chi connectivity index (χ2n) is 5.14.